The minimum Gasteiger partial charge on any atom is -0.351 e. The highest BCUT2D eigenvalue weighted by molar-refractivity contribution is 7.98. The third-order valence-electron chi connectivity index (χ3n) is 5.10. The van der Waals surface area contributed by atoms with Gasteiger partial charge in [-0.1, -0.05) is 48.5 Å². The summed E-state index contributed by atoms with van der Waals surface area (Å²) in [6, 6.07) is 19.8. The molecule has 0 bridgehead atoms. The van der Waals surface area contributed by atoms with Gasteiger partial charge in [-0.3, -0.25) is 4.79 Å². The van der Waals surface area contributed by atoms with E-state index in [0.29, 0.717) is 5.69 Å². The van der Waals surface area contributed by atoms with Crippen molar-refractivity contribution in [1.82, 2.24) is 19.9 Å². The van der Waals surface area contributed by atoms with E-state index in [9.17, 15) is 4.79 Å². The number of carbonyl (C=O) groups is 1. The first kappa shape index (κ1) is 19.3. The van der Waals surface area contributed by atoms with Gasteiger partial charge in [-0.2, -0.15) is 11.8 Å². The number of para-hydroxylation sites is 1. The van der Waals surface area contributed by atoms with Crippen molar-refractivity contribution in [1.29, 1.82) is 0 Å². The fourth-order valence-electron chi connectivity index (χ4n) is 3.56. The molecule has 2 N–H and O–H groups in total. The topological polar surface area (TPSA) is 62.7 Å². The first-order valence-electron chi connectivity index (χ1n) is 9.62. The smallest absolute Gasteiger partial charge is 0.268 e. The van der Waals surface area contributed by atoms with Crippen LogP contribution in [0.3, 0.4) is 0 Å². The van der Waals surface area contributed by atoms with Crippen LogP contribution in [0, 0.1) is 0 Å². The zero-order chi connectivity index (χ0) is 20.2. The molecule has 29 heavy (non-hydrogen) atoms. The molecule has 4 rings (SSSR count). The van der Waals surface area contributed by atoms with Gasteiger partial charge < -0.3 is 14.9 Å². The Bertz CT molecular complexity index is 1080. The number of benzene rings is 2. The second-order valence-electron chi connectivity index (χ2n) is 7.00. The van der Waals surface area contributed by atoms with E-state index in [0.717, 1.165) is 40.2 Å². The summed E-state index contributed by atoms with van der Waals surface area (Å²) >= 11 is 1.76. The Hall–Kier alpha value is -2.99. The molecule has 2 aromatic heterocycles. The Balaban J connectivity index is 1.61. The van der Waals surface area contributed by atoms with Crippen molar-refractivity contribution in [2.75, 3.05) is 12.0 Å². The molecule has 0 aliphatic carbocycles. The summed E-state index contributed by atoms with van der Waals surface area (Å²) in [5.41, 5.74) is 3.67. The lowest BCUT2D eigenvalue weighted by molar-refractivity contribution is 0.0929. The van der Waals surface area contributed by atoms with E-state index in [1.807, 2.05) is 61.8 Å². The number of hydrogen-bond donors (Lipinski definition) is 2. The summed E-state index contributed by atoms with van der Waals surface area (Å²) in [6.45, 7) is 0. The number of nitrogens with one attached hydrogen (secondary N) is 2. The van der Waals surface area contributed by atoms with Gasteiger partial charge in [0.15, 0.2) is 0 Å². The highest BCUT2D eigenvalue weighted by Crippen LogP contribution is 2.25. The fraction of sp³-hybridized carbons (Fsp3) is 0.217. The van der Waals surface area contributed by atoms with E-state index in [2.05, 4.69) is 38.2 Å². The van der Waals surface area contributed by atoms with Gasteiger partial charge in [0.25, 0.3) is 5.91 Å². The largest absolute Gasteiger partial charge is 0.351 e. The number of rotatable bonds is 7. The van der Waals surface area contributed by atoms with E-state index in [1.54, 1.807) is 11.8 Å². The molecule has 0 spiro atoms. The highest BCUT2D eigenvalue weighted by atomic mass is 32.2. The second-order valence-corrected chi connectivity index (χ2v) is 7.99. The van der Waals surface area contributed by atoms with E-state index in [4.69, 9.17) is 0 Å². The lowest BCUT2D eigenvalue weighted by Gasteiger charge is -2.18. The molecular weight excluding hydrogens is 380 g/mol. The van der Waals surface area contributed by atoms with Crippen molar-refractivity contribution >= 4 is 28.6 Å². The van der Waals surface area contributed by atoms with E-state index in [1.165, 1.54) is 0 Å². The first-order valence-corrected chi connectivity index (χ1v) is 11.0. The summed E-state index contributed by atoms with van der Waals surface area (Å²) in [4.78, 5) is 20.8. The van der Waals surface area contributed by atoms with Crippen LogP contribution in [0.5, 0.6) is 0 Å². The van der Waals surface area contributed by atoms with Gasteiger partial charge in [0.2, 0.25) is 0 Å². The third kappa shape index (κ3) is 4.07. The molecule has 1 atom stereocenters. The predicted molar refractivity (Wildman–Crippen MR) is 120 cm³/mol. The van der Waals surface area contributed by atoms with Crippen LogP contribution >= 0.6 is 11.8 Å². The van der Waals surface area contributed by atoms with Gasteiger partial charge in [0.1, 0.15) is 11.5 Å². The molecule has 5 nitrogen and oxygen atoms in total. The number of thioether (sulfide) groups is 1. The SMILES string of the molecule is CSCC[C@H](NC(=O)c1cc2ccccc2[nH]1)c1ncc(-c2ccccc2)n1C. The molecule has 1 amide bonds. The zero-order valence-electron chi connectivity index (χ0n) is 16.6. The Morgan fingerprint density at radius 3 is 2.69 bits per heavy atom. The maximum absolute atomic E-state index is 13.0. The van der Waals surface area contributed by atoms with Crippen molar-refractivity contribution < 1.29 is 4.79 Å². The van der Waals surface area contributed by atoms with Gasteiger partial charge in [-0.05, 0) is 36.1 Å². The molecule has 0 unspecified atom stereocenters. The minimum absolute atomic E-state index is 0.114. The van der Waals surface area contributed by atoms with Crippen LogP contribution in [0.25, 0.3) is 22.2 Å². The second kappa shape index (κ2) is 8.57. The van der Waals surface area contributed by atoms with Crippen LogP contribution < -0.4 is 5.32 Å². The van der Waals surface area contributed by atoms with Crippen molar-refractivity contribution in [3.63, 3.8) is 0 Å². The van der Waals surface area contributed by atoms with Gasteiger partial charge in [0.05, 0.1) is 17.9 Å². The maximum Gasteiger partial charge on any atom is 0.268 e. The number of aromatic amines is 1. The third-order valence-corrected chi connectivity index (χ3v) is 5.74. The Morgan fingerprint density at radius 1 is 1.17 bits per heavy atom. The molecule has 0 fully saturated rings. The number of aromatic nitrogens is 3. The Labute approximate surface area is 174 Å². The average Bonchev–Trinajstić information content (AvgIpc) is 3.35. The van der Waals surface area contributed by atoms with Gasteiger partial charge in [-0.15, -0.1) is 0 Å². The van der Waals surface area contributed by atoms with Gasteiger partial charge in [-0.25, -0.2) is 4.98 Å². The maximum atomic E-state index is 13.0. The van der Waals surface area contributed by atoms with Gasteiger partial charge in [0, 0.05) is 18.0 Å². The number of H-pyrrole nitrogens is 1. The van der Waals surface area contributed by atoms with Crippen molar-refractivity contribution in [2.45, 2.75) is 12.5 Å². The van der Waals surface area contributed by atoms with Crippen LogP contribution in [-0.4, -0.2) is 32.5 Å². The summed E-state index contributed by atoms with van der Waals surface area (Å²) < 4.78 is 2.08. The van der Waals surface area contributed by atoms with E-state index >= 15 is 0 Å². The lowest BCUT2D eigenvalue weighted by atomic mass is 10.1. The Kier molecular flexibility index (Phi) is 5.71. The molecule has 2 heterocycles. The normalized spacial score (nSPS) is 12.2. The van der Waals surface area contributed by atoms with Crippen LogP contribution in [0.4, 0.5) is 0 Å². The average molecular weight is 405 g/mol. The molecule has 148 valence electrons. The highest BCUT2D eigenvalue weighted by Gasteiger charge is 2.22. The monoisotopic (exact) mass is 404 g/mol. The van der Waals surface area contributed by atoms with Gasteiger partial charge >= 0.3 is 0 Å². The lowest BCUT2D eigenvalue weighted by Crippen LogP contribution is -2.31. The van der Waals surface area contributed by atoms with Crippen molar-refractivity contribution in [3.8, 4) is 11.3 Å². The molecule has 2 aromatic carbocycles. The number of amides is 1. The molecule has 0 saturated carbocycles. The zero-order valence-corrected chi connectivity index (χ0v) is 17.4. The fourth-order valence-corrected chi connectivity index (χ4v) is 4.03. The van der Waals surface area contributed by atoms with Crippen LogP contribution in [0.15, 0.2) is 66.9 Å². The van der Waals surface area contributed by atoms with Crippen LogP contribution in [0.1, 0.15) is 28.8 Å². The summed E-state index contributed by atoms with van der Waals surface area (Å²) in [7, 11) is 2.01. The quantitative estimate of drug-likeness (QED) is 0.465. The number of imidazole rings is 1. The molecule has 6 heteroatoms. The number of carbonyl (C=O) groups excluding carboxylic acids is 1. The van der Waals surface area contributed by atoms with Crippen LogP contribution in [0.2, 0.25) is 0 Å². The first-order chi connectivity index (χ1) is 14.2. The molecule has 0 aliphatic heterocycles. The standard InChI is InChI=1S/C23H24N4OS/c1-27-21(16-8-4-3-5-9-16)15-24-22(27)19(12-13-29-2)26-23(28)20-14-17-10-6-7-11-18(17)25-20/h3-11,14-15,19,25H,12-13H2,1-2H3,(H,26,28)/t19-/m0/s1. The Morgan fingerprint density at radius 2 is 1.93 bits per heavy atom. The molecule has 4 aromatic rings. The summed E-state index contributed by atoms with van der Waals surface area (Å²) in [6.07, 6.45) is 4.77. The summed E-state index contributed by atoms with van der Waals surface area (Å²) in [5, 5.41) is 4.21. The minimum atomic E-state index is -0.163. The van der Waals surface area contributed by atoms with Crippen LogP contribution in [-0.2, 0) is 7.05 Å². The molecule has 0 saturated heterocycles. The summed E-state index contributed by atoms with van der Waals surface area (Å²) in [5.74, 6) is 1.68. The molecule has 0 radical (unpaired) electrons. The number of hydrogen-bond acceptors (Lipinski definition) is 3. The molecule has 0 aliphatic rings. The van der Waals surface area contributed by atoms with Crippen molar-refractivity contribution in [2.24, 2.45) is 7.05 Å². The molecular formula is C23H24N4OS. The number of fused-ring (bicyclic) bond motifs is 1. The number of nitrogens with zero attached hydrogens (tertiary/aromatic N) is 2. The van der Waals surface area contributed by atoms with E-state index in [-0.39, 0.29) is 11.9 Å². The predicted octanol–water partition coefficient (Wildman–Crippen LogP) is 4.79. The van der Waals surface area contributed by atoms with Crippen molar-refractivity contribution in [3.05, 3.63) is 78.4 Å². The van der Waals surface area contributed by atoms with E-state index < -0.39 is 0 Å².